The predicted molar refractivity (Wildman–Crippen MR) is 42.5 cm³/mol. The van der Waals surface area contributed by atoms with Gasteiger partial charge in [-0.1, -0.05) is 0 Å². The molecule has 0 amide bonds. The molecular formula is C8H7FN2. The minimum Gasteiger partial charge on any atom is -0.366 e. The first kappa shape index (κ1) is 6.34. The summed E-state index contributed by atoms with van der Waals surface area (Å²) in [5, 5.41) is 3.03. The zero-order chi connectivity index (χ0) is 7.68. The molecule has 11 heavy (non-hydrogen) atoms. The van der Waals surface area contributed by atoms with E-state index in [9.17, 15) is 4.39 Å². The van der Waals surface area contributed by atoms with E-state index in [1.807, 2.05) is 0 Å². The summed E-state index contributed by atoms with van der Waals surface area (Å²) >= 11 is 0. The Morgan fingerprint density at radius 3 is 3.27 bits per heavy atom. The monoisotopic (exact) mass is 150 g/mol. The lowest BCUT2D eigenvalue weighted by Gasteiger charge is -2.11. The summed E-state index contributed by atoms with van der Waals surface area (Å²) in [6.07, 6.45) is 1.68. The van der Waals surface area contributed by atoms with Gasteiger partial charge in [0.2, 0.25) is 0 Å². The van der Waals surface area contributed by atoms with Crippen LogP contribution in [-0.4, -0.2) is 12.9 Å². The summed E-state index contributed by atoms with van der Waals surface area (Å²) in [4.78, 5) is 3.96. The third kappa shape index (κ3) is 1.09. The SMILES string of the molecule is Fc1ccc2c(c1)C=NCN2. The molecule has 0 atom stereocenters. The summed E-state index contributed by atoms with van der Waals surface area (Å²) in [7, 11) is 0. The Bertz CT molecular complexity index is 307. The molecule has 1 aliphatic heterocycles. The minimum atomic E-state index is -0.223. The maximum atomic E-state index is 12.6. The molecule has 0 radical (unpaired) electrons. The quantitative estimate of drug-likeness (QED) is 0.597. The van der Waals surface area contributed by atoms with Crippen LogP contribution in [0.25, 0.3) is 0 Å². The van der Waals surface area contributed by atoms with Crippen LogP contribution < -0.4 is 5.32 Å². The number of nitrogens with one attached hydrogen (secondary N) is 1. The summed E-state index contributed by atoms with van der Waals surface area (Å²) < 4.78 is 12.6. The maximum Gasteiger partial charge on any atom is 0.124 e. The first-order chi connectivity index (χ1) is 5.36. The zero-order valence-corrected chi connectivity index (χ0v) is 5.84. The van der Waals surface area contributed by atoms with Crippen molar-refractivity contribution in [1.82, 2.24) is 0 Å². The van der Waals surface area contributed by atoms with Gasteiger partial charge in [0.25, 0.3) is 0 Å². The van der Waals surface area contributed by atoms with Crippen molar-refractivity contribution in [1.29, 1.82) is 0 Å². The van der Waals surface area contributed by atoms with E-state index < -0.39 is 0 Å². The van der Waals surface area contributed by atoms with Crippen molar-refractivity contribution >= 4 is 11.9 Å². The van der Waals surface area contributed by atoms with E-state index in [-0.39, 0.29) is 5.82 Å². The number of anilines is 1. The fraction of sp³-hybridized carbons (Fsp3) is 0.125. The molecule has 0 bridgehead atoms. The van der Waals surface area contributed by atoms with Gasteiger partial charge in [-0.05, 0) is 18.2 Å². The molecule has 1 heterocycles. The van der Waals surface area contributed by atoms with E-state index in [0.717, 1.165) is 11.3 Å². The van der Waals surface area contributed by atoms with Gasteiger partial charge in [-0.2, -0.15) is 0 Å². The van der Waals surface area contributed by atoms with Crippen LogP contribution in [0, 0.1) is 5.82 Å². The smallest absolute Gasteiger partial charge is 0.124 e. The average Bonchev–Trinajstić information content (AvgIpc) is 2.04. The largest absolute Gasteiger partial charge is 0.366 e. The fourth-order valence-electron chi connectivity index (χ4n) is 1.08. The molecule has 1 N–H and O–H groups in total. The van der Waals surface area contributed by atoms with Gasteiger partial charge in [0.15, 0.2) is 0 Å². The first-order valence-electron chi connectivity index (χ1n) is 3.39. The average molecular weight is 150 g/mol. The highest BCUT2D eigenvalue weighted by molar-refractivity contribution is 5.89. The maximum absolute atomic E-state index is 12.6. The van der Waals surface area contributed by atoms with Crippen LogP contribution in [0.1, 0.15) is 5.56 Å². The second-order valence-electron chi connectivity index (χ2n) is 2.38. The van der Waals surface area contributed by atoms with Gasteiger partial charge >= 0.3 is 0 Å². The standard InChI is InChI=1S/C8H7FN2/c9-7-1-2-8-6(3-7)4-10-5-11-8/h1-4,11H,5H2. The van der Waals surface area contributed by atoms with E-state index in [1.54, 1.807) is 12.3 Å². The van der Waals surface area contributed by atoms with Crippen molar-refractivity contribution in [3.63, 3.8) is 0 Å². The molecule has 2 nitrogen and oxygen atoms in total. The lowest BCUT2D eigenvalue weighted by atomic mass is 10.2. The fourth-order valence-corrected chi connectivity index (χ4v) is 1.08. The van der Waals surface area contributed by atoms with Crippen molar-refractivity contribution in [3.05, 3.63) is 29.6 Å². The van der Waals surface area contributed by atoms with Crippen LogP contribution in [0.15, 0.2) is 23.2 Å². The number of nitrogens with zero attached hydrogens (tertiary/aromatic N) is 1. The molecule has 0 saturated carbocycles. The number of benzene rings is 1. The number of aliphatic imine (C=N–C) groups is 1. The Labute approximate surface area is 63.8 Å². The van der Waals surface area contributed by atoms with Gasteiger partial charge in [-0.3, -0.25) is 4.99 Å². The Kier molecular flexibility index (Phi) is 1.35. The molecule has 0 unspecified atom stereocenters. The lowest BCUT2D eigenvalue weighted by Crippen LogP contribution is -2.07. The van der Waals surface area contributed by atoms with Gasteiger partial charge in [0.05, 0.1) is 0 Å². The third-order valence-corrected chi connectivity index (χ3v) is 1.60. The van der Waals surface area contributed by atoms with Crippen LogP contribution in [-0.2, 0) is 0 Å². The first-order valence-corrected chi connectivity index (χ1v) is 3.39. The summed E-state index contributed by atoms with van der Waals surface area (Å²) in [5.74, 6) is -0.223. The zero-order valence-electron chi connectivity index (χ0n) is 5.84. The van der Waals surface area contributed by atoms with Crippen molar-refractivity contribution in [2.45, 2.75) is 0 Å². The van der Waals surface area contributed by atoms with Gasteiger partial charge in [-0.25, -0.2) is 4.39 Å². The molecule has 3 heteroatoms. The number of rotatable bonds is 0. The van der Waals surface area contributed by atoms with Crippen LogP contribution in [0.3, 0.4) is 0 Å². The second-order valence-corrected chi connectivity index (χ2v) is 2.38. The normalized spacial score (nSPS) is 13.9. The highest BCUT2D eigenvalue weighted by Crippen LogP contribution is 2.16. The molecule has 0 aromatic heterocycles. The van der Waals surface area contributed by atoms with Crippen LogP contribution >= 0.6 is 0 Å². The van der Waals surface area contributed by atoms with Crippen molar-refractivity contribution in [2.24, 2.45) is 4.99 Å². The summed E-state index contributed by atoms with van der Waals surface area (Å²) in [6, 6.07) is 4.62. The minimum absolute atomic E-state index is 0.223. The van der Waals surface area contributed by atoms with Gasteiger partial charge in [-0.15, -0.1) is 0 Å². The van der Waals surface area contributed by atoms with Crippen molar-refractivity contribution in [3.8, 4) is 0 Å². The molecule has 0 spiro atoms. The van der Waals surface area contributed by atoms with Gasteiger partial charge in [0, 0.05) is 17.5 Å². The molecular weight excluding hydrogens is 143 g/mol. The lowest BCUT2D eigenvalue weighted by molar-refractivity contribution is 0.627. The van der Waals surface area contributed by atoms with Gasteiger partial charge in [0.1, 0.15) is 12.5 Å². The molecule has 0 fully saturated rings. The van der Waals surface area contributed by atoms with E-state index in [0.29, 0.717) is 6.67 Å². The number of hydrogen-bond donors (Lipinski definition) is 1. The molecule has 0 aliphatic carbocycles. The molecule has 1 aliphatic rings. The van der Waals surface area contributed by atoms with Crippen molar-refractivity contribution in [2.75, 3.05) is 12.0 Å². The highest BCUT2D eigenvalue weighted by atomic mass is 19.1. The van der Waals surface area contributed by atoms with E-state index >= 15 is 0 Å². The second kappa shape index (κ2) is 2.34. The molecule has 56 valence electrons. The van der Waals surface area contributed by atoms with E-state index in [1.165, 1.54) is 12.1 Å². The van der Waals surface area contributed by atoms with Crippen molar-refractivity contribution < 1.29 is 4.39 Å². The van der Waals surface area contributed by atoms with E-state index in [2.05, 4.69) is 10.3 Å². The third-order valence-electron chi connectivity index (χ3n) is 1.60. The number of fused-ring (bicyclic) bond motifs is 1. The van der Waals surface area contributed by atoms with Crippen LogP contribution in [0.5, 0.6) is 0 Å². The molecule has 2 rings (SSSR count). The Balaban J connectivity index is 2.54. The Morgan fingerprint density at radius 2 is 2.36 bits per heavy atom. The Morgan fingerprint density at radius 1 is 1.45 bits per heavy atom. The van der Waals surface area contributed by atoms with Crippen LogP contribution in [0.2, 0.25) is 0 Å². The highest BCUT2D eigenvalue weighted by Gasteiger charge is 2.03. The molecule has 0 saturated heterocycles. The topological polar surface area (TPSA) is 24.4 Å². The number of halogens is 1. The predicted octanol–water partition coefficient (Wildman–Crippen LogP) is 1.63. The number of hydrogen-bond acceptors (Lipinski definition) is 2. The Hall–Kier alpha value is -1.38. The van der Waals surface area contributed by atoms with Crippen LogP contribution in [0.4, 0.5) is 10.1 Å². The van der Waals surface area contributed by atoms with E-state index in [4.69, 9.17) is 0 Å². The molecule has 1 aromatic carbocycles. The summed E-state index contributed by atoms with van der Waals surface area (Å²) in [5.41, 5.74) is 1.76. The molecule has 1 aromatic rings. The van der Waals surface area contributed by atoms with Gasteiger partial charge < -0.3 is 5.32 Å². The summed E-state index contributed by atoms with van der Waals surface area (Å²) in [6.45, 7) is 0.582.